The molecule has 0 aliphatic heterocycles. The molecule has 21 heavy (non-hydrogen) atoms. The van der Waals surface area contributed by atoms with Crippen molar-refractivity contribution >= 4 is 21.7 Å². The molecule has 0 amide bonds. The summed E-state index contributed by atoms with van der Waals surface area (Å²) in [6.45, 7) is 1.02. The fraction of sp³-hybridized carbons (Fsp3) is 0.300. The molecule has 0 saturated heterocycles. The van der Waals surface area contributed by atoms with Gasteiger partial charge in [-0.25, -0.2) is 8.42 Å². The summed E-state index contributed by atoms with van der Waals surface area (Å²) >= 11 is 0. The second-order valence-corrected chi connectivity index (χ2v) is 5.70. The molecule has 0 unspecified atom stereocenters. The molecule has 11 heteroatoms. The Hall–Kier alpha value is -2.11. The van der Waals surface area contributed by atoms with Crippen LogP contribution in [0.15, 0.2) is 23.1 Å². The zero-order valence-electron chi connectivity index (χ0n) is 10.6. The summed E-state index contributed by atoms with van der Waals surface area (Å²) in [5, 5.41) is 28.8. The van der Waals surface area contributed by atoms with Crippen molar-refractivity contribution in [3.8, 4) is 0 Å². The number of nitro benzene ring substituents is 1. The SMILES string of the molecule is C[C@@H](O)[C@H](NS(=O)(=O)c1cccc(F)c1[N+](=O)[O-])C(=O)O. The van der Waals surface area contributed by atoms with Gasteiger partial charge in [-0.05, 0) is 19.1 Å². The number of nitro groups is 1. The minimum Gasteiger partial charge on any atom is -0.480 e. The van der Waals surface area contributed by atoms with Crippen molar-refractivity contribution in [1.82, 2.24) is 4.72 Å². The average Bonchev–Trinajstić information content (AvgIpc) is 2.34. The van der Waals surface area contributed by atoms with Crippen LogP contribution >= 0.6 is 0 Å². The van der Waals surface area contributed by atoms with Gasteiger partial charge in [-0.3, -0.25) is 14.9 Å². The van der Waals surface area contributed by atoms with Gasteiger partial charge in [-0.1, -0.05) is 6.07 Å². The number of carbonyl (C=O) groups is 1. The summed E-state index contributed by atoms with van der Waals surface area (Å²) in [5.74, 6) is -3.07. The number of halogens is 1. The topological polar surface area (TPSA) is 147 Å². The first kappa shape index (κ1) is 16.9. The molecule has 1 aromatic carbocycles. The number of aliphatic carboxylic acids is 1. The van der Waals surface area contributed by atoms with Crippen molar-refractivity contribution in [2.75, 3.05) is 0 Å². The van der Waals surface area contributed by atoms with Gasteiger partial charge in [-0.2, -0.15) is 9.11 Å². The maximum absolute atomic E-state index is 13.4. The molecule has 3 N–H and O–H groups in total. The van der Waals surface area contributed by atoms with Crippen LogP contribution in [-0.2, 0) is 14.8 Å². The predicted molar refractivity (Wildman–Crippen MR) is 66.5 cm³/mol. The summed E-state index contributed by atoms with van der Waals surface area (Å²) in [4.78, 5) is 19.3. The van der Waals surface area contributed by atoms with Crippen LogP contribution in [0, 0.1) is 15.9 Å². The van der Waals surface area contributed by atoms with Crippen molar-refractivity contribution < 1.29 is 32.7 Å². The summed E-state index contributed by atoms with van der Waals surface area (Å²) in [6, 6.07) is 0.443. The Morgan fingerprint density at radius 3 is 2.48 bits per heavy atom. The van der Waals surface area contributed by atoms with Crippen LogP contribution < -0.4 is 4.72 Å². The Kier molecular flexibility index (Phi) is 4.93. The Bertz CT molecular complexity index is 674. The number of para-hydroxylation sites is 1. The largest absolute Gasteiger partial charge is 0.480 e. The van der Waals surface area contributed by atoms with Crippen molar-refractivity contribution in [3.63, 3.8) is 0 Å². The van der Waals surface area contributed by atoms with Gasteiger partial charge in [0.2, 0.25) is 15.8 Å². The molecule has 0 aromatic heterocycles. The minimum absolute atomic E-state index is 0.695. The number of carboxylic acid groups (broad SMARTS) is 1. The van der Waals surface area contributed by atoms with E-state index in [0.29, 0.717) is 6.07 Å². The van der Waals surface area contributed by atoms with Gasteiger partial charge in [0, 0.05) is 0 Å². The summed E-state index contributed by atoms with van der Waals surface area (Å²) in [5.41, 5.74) is -1.31. The third kappa shape index (κ3) is 3.71. The van der Waals surface area contributed by atoms with Crippen molar-refractivity contribution in [3.05, 3.63) is 34.1 Å². The normalized spacial score (nSPS) is 14.4. The van der Waals surface area contributed by atoms with Crippen molar-refractivity contribution in [1.29, 1.82) is 0 Å². The molecule has 0 bridgehead atoms. The molecule has 0 heterocycles. The van der Waals surface area contributed by atoms with Crippen LogP contribution in [-0.4, -0.2) is 41.7 Å². The summed E-state index contributed by atoms with van der Waals surface area (Å²) in [7, 11) is -4.72. The van der Waals surface area contributed by atoms with E-state index in [2.05, 4.69) is 0 Å². The Balaban J connectivity index is 3.36. The molecule has 2 atom stereocenters. The monoisotopic (exact) mass is 322 g/mol. The second-order valence-electron chi connectivity index (χ2n) is 4.02. The zero-order valence-corrected chi connectivity index (χ0v) is 11.4. The molecular weight excluding hydrogens is 311 g/mol. The Morgan fingerprint density at radius 1 is 1.48 bits per heavy atom. The highest BCUT2D eigenvalue weighted by atomic mass is 32.2. The lowest BCUT2D eigenvalue weighted by molar-refractivity contribution is -0.390. The molecule has 0 saturated carbocycles. The molecule has 0 spiro atoms. The van der Waals surface area contributed by atoms with Crippen molar-refractivity contribution in [2.45, 2.75) is 24.0 Å². The first-order valence-corrected chi connectivity index (χ1v) is 6.92. The van der Waals surface area contributed by atoms with Crippen LogP contribution in [0.2, 0.25) is 0 Å². The van der Waals surface area contributed by atoms with Crippen LogP contribution in [0.3, 0.4) is 0 Å². The second kappa shape index (κ2) is 6.11. The number of hydrogen-bond donors (Lipinski definition) is 3. The number of hydrogen-bond acceptors (Lipinski definition) is 6. The highest BCUT2D eigenvalue weighted by Gasteiger charge is 2.34. The highest BCUT2D eigenvalue weighted by Crippen LogP contribution is 2.26. The van der Waals surface area contributed by atoms with Gasteiger partial charge >= 0.3 is 11.7 Å². The first-order chi connectivity index (χ1) is 9.58. The number of carboxylic acids is 1. The van der Waals surface area contributed by atoms with E-state index in [1.54, 1.807) is 4.72 Å². The third-order valence-corrected chi connectivity index (χ3v) is 3.93. The predicted octanol–water partition coefficient (Wildman–Crippen LogP) is -0.154. The zero-order chi connectivity index (χ0) is 16.4. The Labute approximate surface area is 118 Å². The van der Waals surface area contributed by atoms with Crippen LogP contribution in [0.25, 0.3) is 0 Å². The van der Waals surface area contributed by atoms with Crippen LogP contribution in [0.4, 0.5) is 10.1 Å². The van der Waals surface area contributed by atoms with Crippen molar-refractivity contribution in [2.24, 2.45) is 0 Å². The molecule has 9 nitrogen and oxygen atoms in total. The van der Waals surface area contributed by atoms with E-state index in [-0.39, 0.29) is 0 Å². The molecule has 1 rings (SSSR count). The smallest absolute Gasteiger partial charge is 0.324 e. The van der Waals surface area contributed by atoms with Crippen LogP contribution in [0.5, 0.6) is 0 Å². The highest BCUT2D eigenvalue weighted by molar-refractivity contribution is 7.89. The van der Waals surface area contributed by atoms with Gasteiger partial charge in [0.25, 0.3) is 0 Å². The van der Waals surface area contributed by atoms with E-state index in [1.807, 2.05) is 0 Å². The first-order valence-electron chi connectivity index (χ1n) is 5.44. The number of aliphatic hydroxyl groups excluding tert-OH is 1. The molecule has 116 valence electrons. The number of nitrogens with zero attached hydrogens (tertiary/aromatic N) is 1. The number of rotatable bonds is 6. The minimum atomic E-state index is -4.72. The Morgan fingerprint density at radius 2 is 2.05 bits per heavy atom. The third-order valence-electron chi connectivity index (χ3n) is 2.45. The van der Waals surface area contributed by atoms with E-state index >= 15 is 0 Å². The molecular formula is C10H11FN2O7S. The lowest BCUT2D eigenvalue weighted by atomic mass is 10.2. The molecule has 0 radical (unpaired) electrons. The van der Waals surface area contributed by atoms with Gasteiger partial charge in [0.15, 0.2) is 4.90 Å². The average molecular weight is 322 g/mol. The van der Waals surface area contributed by atoms with Gasteiger partial charge in [-0.15, -0.1) is 0 Å². The number of aliphatic hydroxyl groups is 1. The molecule has 0 aliphatic carbocycles. The van der Waals surface area contributed by atoms with E-state index in [0.717, 1.165) is 19.1 Å². The summed E-state index contributed by atoms with van der Waals surface area (Å²) < 4.78 is 38.9. The van der Waals surface area contributed by atoms with Gasteiger partial charge in [0.05, 0.1) is 11.0 Å². The standard InChI is InChI=1S/C10H11FN2O7S/c1-5(14)8(10(15)16)12-21(19,20)7-4-2-3-6(11)9(7)13(17)18/h2-5,8,12,14H,1H3,(H,15,16)/t5-,8+/m1/s1. The maximum Gasteiger partial charge on any atom is 0.324 e. The number of nitrogens with one attached hydrogen (secondary N) is 1. The summed E-state index contributed by atoms with van der Waals surface area (Å²) in [6.07, 6.45) is -1.61. The van der Waals surface area contributed by atoms with Gasteiger partial charge < -0.3 is 10.2 Å². The van der Waals surface area contributed by atoms with E-state index in [1.165, 1.54) is 0 Å². The van der Waals surface area contributed by atoms with Gasteiger partial charge in [0.1, 0.15) is 6.04 Å². The molecule has 1 aromatic rings. The molecule has 0 fully saturated rings. The number of benzene rings is 1. The maximum atomic E-state index is 13.4. The quantitative estimate of drug-likeness (QED) is 0.487. The fourth-order valence-corrected chi connectivity index (χ4v) is 2.92. The van der Waals surface area contributed by atoms with Crippen LogP contribution in [0.1, 0.15) is 6.92 Å². The molecule has 0 aliphatic rings. The number of sulfonamides is 1. The van der Waals surface area contributed by atoms with E-state index < -0.39 is 49.5 Å². The fourth-order valence-electron chi connectivity index (χ4n) is 1.48. The van der Waals surface area contributed by atoms with E-state index in [4.69, 9.17) is 5.11 Å². The lowest BCUT2D eigenvalue weighted by Gasteiger charge is -2.17. The lowest BCUT2D eigenvalue weighted by Crippen LogP contribution is -2.47. The van der Waals surface area contributed by atoms with E-state index in [9.17, 15) is 32.8 Å².